The van der Waals surface area contributed by atoms with Gasteiger partial charge in [0, 0.05) is 23.9 Å². The molecule has 0 radical (unpaired) electrons. The van der Waals surface area contributed by atoms with Gasteiger partial charge in [-0.25, -0.2) is 9.78 Å². The molecule has 3 N–H and O–H groups in total. The molecule has 6 nitrogen and oxygen atoms in total. The topological polar surface area (TPSA) is 97.7 Å². The summed E-state index contributed by atoms with van der Waals surface area (Å²) in [5, 5.41) is 9.36. The number of allylic oxidation sites excluding steroid dienone is 2. The summed E-state index contributed by atoms with van der Waals surface area (Å²) in [7, 11) is 0. The van der Waals surface area contributed by atoms with Crippen molar-refractivity contribution >= 4 is 17.3 Å². The van der Waals surface area contributed by atoms with E-state index in [0.29, 0.717) is 5.82 Å². The highest BCUT2D eigenvalue weighted by Crippen LogP contribution is 2.36. The Labute approximate surface area is 149 Å². The Hall–Kier alpha value is -3.41. The fourth-order valence-corrected chi connectivity index (χ4v) is 3.31. The number of nitrogen functional groups attached to an aromatic ring is 1. The van der Waals surface area contributed by atoms with Crippen LogP contribution in [0.3, 0.4) is 0 Å². The van der Waals surface area contributed by atoms with E-state index in [1.54, 1.807) is 12.4 Å². The summed E-state index contributed by atoms with van der Waals surface area (Å²) in [5.41, 5.74) is 10.2. The predicted octanol–water partition coefficient (Wildman–Crippen LogP) is 2.91. The largest absolute Gasteiger partial charge is 0.477 e. The molecule has 0 atom stereocenters. The molecule has 3 heterocycles. The van der Waals surface area contributed by atoms with Gasteiger partial charge in [0.15, 0.2) is 0 Å². The lowest BCUT2D eigenvalue weighted by atomic mass is 9.96. The van der Waals surface area contributed by atoms with Gasteiger partial charge in [0.2, 0.25) is 0 Å². The molecule has 4 rings (SSSR count). The van der Waals surface area contributed by atoms with Crippen molar-refractivity contribution in [2.45, 2.75) is 19.8 Å². The average Bonchev–Trinajstić information content (AvgIpc) is 3.43. The molecule has 1 aliphatic carbocycles. The van der Waals surface area contributed by atoms with Crippen LogP contribution < -0.4 is 11.3 Å². The van der Waals surface area contributed by atoms with Crippen LogP contribution in [0.2, 0.25) is 0 Å². The highest BCUT2D eigenvalue weighted by Gasteiger charge is 2.24. The minimum absolute atomic E-state index is 0.0592. The number of carboxylic acid groups (broad SMARTS) is 1. The van der Waals surface area contributed by atoms with Gasteiger partial charge in [-0.1, -0.05) is 12.2 Å². The van der Waals surface area contributed by atoms with E-state index in [1.165, 1.54) is 10.5 Å². The minimum Gasteiger partial charge on any atom is -0.477 e. The summed E-state index contributed by atoms with van der Waals surface area (Å²) in [6.45, 7) is 3.83. The monoisotopic (exact) mass is 347 g/mol. The van der Waals surface area contributed by atoms with Crippen molar-refractivity contribution in [3.05, 3.63) is 75.4 Å². The molecule has 3 aromatic heterocycles. The zero-order valence-corrected chi connectivity index (χ0v) is 14.4. The first-order valence-electron chi connectivity index (χ1n) is 8.21. The lowest BCUT2D eigenvalue weighted by molar-refractivity contribution is 0.0694. The quantitative estimate of drug-likeness (QED) is 0.710. The fraction of sp³-hybridized carbons (Fsp3) is 0.150. The molecule has 1 aliphatic rings. The molecular formula is C20H17N3O3. The standard InChI is InChI=1S/C20H17N3O3/c1-10-7-13(9-22-18(10)21)14-5-6-23-17(11(14)2)15(12-3-4-12)8-16(19(23)24)20(25)26/h3-9,12H,1-2H3,(H2,21,22)(H,25,26). The minimum atomic E-state index is -1.22. The third-order valence-electron chi connectivity index (χ3n) is 4.82. The van der Waals surface area contributed by atoms with Crippen molar-refractivity contribution in [2.24, 2.45) is 0 Å². The zero-order valence-electron chi connectivity index (χ0n) is 14.4. The third kappa shape index (κ3) is 2.38. The second-order valence-electron chi connectivity index (χ2n) is 6.53. The van der Waals surface area contributed by atoms with Gasteiger partial charge in [-0.2, -0.15) is 0 Å². The van der Waals surface area contributed by atoms with E-state index in [-0.39, 0.29) is 11.5 Å². The maximum atomic E-state index is 12.6. The first-order chi connectivity index (χ1) is 12.4. The summed E-state index contributed by atoms with van der Waals surface area (Å²) in [6.07, 6.45) is 7.29. The van der Waals surface area contributed by atoms with E-state index in [0.717, 1.165) is 33.3 Å². The van der Waals surface area contributed by atoms with Gasteiger partial charge in [-0.15, -0.1) is 0 Å². The molecule has 26 heavy (non-hydrogen) atoms. The Bertz CT molecular complexity index is 1170. The van der Waals surface area contributed by atoms with E-state index in [1.807, 2.05) is 38.1 Å². The summed E-state index contributed by atoms with van der Waals surface area (Å²) >= 11 is 0. The summed E-state index contributed by atoms with van der Waals surface area (Å²) in [4.78, 5) is 28.3. The summed E-state index contributed by atoms with van der Waals surface area (Å²) in [5.74, 6) is -0.673. The zero-order chi connectivity index (χ0) is 18.6. The van der Waals surface area contributed by atoms with Crippen LogP contribution in [0.1, 0.15) is 33.0 Å². The smallest absolute Gasteiger partial charge is 0.341 e. The van der Waals surface area contributed by atoms with Gasteiger partial charge in [-0.05, 0) is 54.3 Å². The van der Waals surface area contributed by atoms with Gasteiger partial charge in [-0.3, -0.25) is 9.20 Å². The van der Waals surface area contributed by atoms with Crippen molar-refractivity contribution in [3.63, 3.8) is 0 Å². The Morgan fingerprint density at radius 2 is 2.00 bits per heavy atom. The van der Waals surface area contributed by atoms with Crippen molar-refractivity contribution in [3.8, 4) is 11.1 Å². The molecule has 0 fully saturated rings. The number of aromatic carboxylic acids is 1. The SMILES string of the molecule is Cc1cc(-c2ccn3c(=O)c(C(=O)O)cc(C4C=C4)c3c2C)cnc1N. The maximum absolute atomic E-state index is 12.6. The second-order valence-corrected chi connectivity index (χ2v) is 6.53. The number of aryl methyl sites for hydroxylation is 2. The summed E-state index contributed by atoms with van der Waals surface area (Å²) < 4.78 is 1.43. The predicted molar refractivity (Wildman–Crippen MR) is 99.6 cm³/mol. The average molecular weight is 347 g/mol. The third-order valence-corrected chi connectivity index (χ3v) is 4.82. The Morgan fingerprint density at radius 3 is 2.62 bits per heavy atom. The maximum Gasteiger partial charge on any atom is 0.341 e. The molecule has 0 aliphatic heterocycles. The highest BCUT2D eigenvalue weighted by atomic mass is 16.4. The molecule has 0 saturated heterocycles. The van der Waals surface area contributed by atoms with Crippen LogP contribution >= 0.6 is 0 Å². The Balaban J connectivity index is 2.05. The molecule has 0 saturated carbocycles. The number of aromatic nitrogens is 2. The number of fused-ring (bicyclic) bond motifs is 1. The molecule has 130 valence electrons. The van der Waals surface area contributed by atoms with Gasteiger partial charge >= 0.3 is 5.97 Å². The van der Waals surface area contributed by atoms with Crippen LogP contribution in [0, 0.1) is 13.8 Å². The first-order valence-corrected chi connectivity index (χ1v) is 8.21. The number of anilines is 1. The molecule has 0 aromatic carbocycles. The van der Waals surface area contributed by atoms with E-state index < -0.39 is 11.5 Å². The molecular weight excluding hydrogens is 330 g/mol. The molecule has 0 amide bonds. The van der Waals surface area contributed by atoms with Crippen LogP contribution in [0.4, 0.5) is 5.82 Å². The van der Waals surface area contributed by atoms with Gasteiger partial charge in [0.05, 0.1) is 5.52 Å². The highest BCUT2D eigenvalue weighted by molar-refractivity contribution is 5.89. The Kier molecular flexibility index (Phi) is 3.44. The van der Waals surface area contributed by atoms with E-state index in [2.05, 4.69) is 4.98 Å². The number of hydrogen-bond donors (Lipinski definition) is 2. The number of pyridine rings is 3. The number of carbonyl (C=O) groups is 1. The van der Waals surface area contributed by atoms with Gasteiger partial charge in [0.1, 0.15) is 11.4 Å². The Morgan fingerprint density at radius 1 is 1.27 bits per heavy atom. The van der Waals surface area contributed by atoms with Crippen LogP contribution in [0.25, 0.3) is 16.6 Å². The molecule has 0 spiro atoms. The van der Waals surface area contributed by atoms with Crippen molar-refractivity contribution < 1.29 is 9.90 Å². The summed E-state index contributed by atoms with van der Waals surface area (Å²) in [6, 6.07) is 5.26. The first kappa shape index (κ1) is 16.1. The van der Waals surface area contributed by atoms with E-state index >= 15 is 0 Å². The van der Waals surface area contributed by atoms with Crippen LogP contribution in [0.15, 0.2) is 47.5 Å². The van der Waals surface area contributed by atoms with Gasteiger partial charge < -0.3 is 10.8 Å². The number of nitrogens with two attached hydrogens (primary N) is 1. The number of carboxylic acids is 1. The lowest BCUT2D eigenvalue weighted by Gasteiger charge is -2.15. The molecule has 0 bridgehead atoms. The second kappa shape index (κ2) is 5.56. The van der Waals surface area contributed by atoms with Crippen molar-refractivity contribution in [1.82, 2.24) is 9.38 Å². The van der Waals surface area contributed by atoms with Crippen LogP contribution in [-0.2, 0) is 0 Å². The van der Waals surface area contributed by atoms with Crippen LogP contribution in [-0.4, -0.2) is 20.5 Å². The van der Waals surface area contributed by atoms with E-state index in [4.69, 9.17) is 5.73 Å². The molecule has 3 aromatic rings. The van der Waals surface area contributed by atoms with Crippen molar-refractivity contribution in [2.75, 3.05) is 5.73 Å². The van der Waals surface area contributed by atoms with E-state index in [9.17, 15) is 14.7 Å². The van der Waals surface area contributed by atoms with Gasteiger partial charge in [0.25, 0.3) is 5.56 Å². The lowest BCUT2D eigenvalue weighted by Crippen LogP contribution is -2.23. The number of rotatable bonds is 3. The number of hydrogen-bond acceptors (Lipinski definition) is 4. The van der Waals surface area contributed by atoms with Crippen LogP contribution in [0.5, 0.6) is 0 Å². The van der Waals surface area contributed by atoms with Crippen molar-refractivity contribution in [1.29, 1.82) is 0 Å². The normalized spacial score (nSPS) is 13.3. The number of nitrogens with zero attached hydrogens (tertiary/aromatic N) is 2. The molecule has 0 unspecified atom stereocenters. The molecule has 6 heteroatoms. The fourth-order valence-electron chi connectivity index (χ4n) is 3.31.